The van der Waals surface area contributed by atoms with Crippen LogP contribution in [-0.4, -0.2) is 0 Å². The molecular weight excluding hydrogens is 595 g/mol. The van der Waals surface area contributed by atoms with E-state index in [1.165, 1.54) is 60.7 Å². The van der Waals surface area contributed by atoms with Crippen LogP contribution in [0.25, 0.3) is 65.8 Å². The number of hydrogen-bond donors (Lipinski definition) is 0. The fraction of sp³-hybridized carbons (Fsp3) is 0.128. The molecule has 49 heavy (non-hydrogen) atoms. The Labute approximate surface area is 286 Å². The van der Waals surface area contributed by atoms with Crippen molar-refractivity contribution in [2.75, 3.05) is 0 Å². The van der Waals surface area contributed by atoms with Gasteiger partial charge in [0, 0.05) is 27.5 Å². The van der Waals surface area contributed by atoms with Crippen molar-refractivity contribution in [1.29, 1.82) is 0 Å². The van der Waals surface area contributed by atoms with Crippen molar-refractivity contribution in [2.45, 2.75) is 37.7 Å². The Morgan fingerprint density at radius 2 is 1.27 bits per heavy atom. The largest absolute Gasteiger partial charge is 0.472 e. The summed E-state index contributed by atoms with van der Waals surface area (Å²) in [5, 5.41) is 4.82. The van der Waals surface area contributed by atoms with Gasteiger partial charge < -0.3 is 4.74 Å². The van der Waals surface area contributed by atoms with E-state index < -0.39 is 5.60 Å². The molecule has 1 aliphatic heterocycles. The van der Waals surface area contributed by atoms with Crippen molar-refractivity contribution in [2.24, 2.45) is 0 Å². The molecule has 2 aliphatic carbocycles. The number of hydrogen-bond acceptors (Lipinski definition) is 1. The molecule has 2 heteroatoms. The minimum atomic E-state index is -0.860. The molecule has 232 valence electrons. The molecule has 0 bridgehead atoms. The third kappa shape index (κ3) is 3.50. The summed E-state index contributed by atoms with van der Waals surface area (Å²) in [6.07, 6.45) is 6.54. The van der Waals surface area contributed by atoms with Gasteiger partial charge in [-0.3, -0.25) is 0 Å². The summed E-state index contributed by atoms with van der Waals surface area (Å²) in [4.78, 5) is 3.85. The monoisotopic (exact) mass is 627 g/mol. The average Bonchev–Trinajstić information content (AvgIpc) is 3.66. The van der Waals surface area contributed by atoms with Crippen LogP contribution in [0.15, 0.2) is 133 Å². The number of benzene rings is 7. The molecule has 0 aromatic heterocycles. The third-order valence-corrected chi connectivity index (χ3v) is 11.7. The van der Waals surface area contributed by atoms with Gasteiger partial charge in [0.2, 0.25) is 0 Å². The first-order valence-corrected chi connectivity index (χ1v) is 17.3. The van der Waals surface area contributed by atoms with Gasteiger partial charge in [-0.25, -0.2) is 4.85 Å². The molecular formula is C47H33NO. The SMILES string of the molecule is [C-]#[N+]c1ccc2c(c1)C(CC)(CC)c1c3c(c4ccccc4c1-2)OC(c1ccccc1)(c1ccc2c4c(cccc14)-c1ccccc1-2)C=C3. The molecule has 0 spiro atoms. The van der Waals surface area contributed by atoms with Gasteiger partial charge in [-0.1, -0.05) is 147 Å². The van der Waals surface area contributed by atoms with Gasteiger partial charge in [0.15, 0.2) is 11.3 Å². The first-order valence-electron chi connectivity index (χ1n) is 17.3. The summed E-state index contributed by atoms with van der Waals surface area (Å²) in [6.45, 7) is 12.4. The highest BCUT2D eigenvalue weighted by molar-refractivity contribution is 6.16. The van der Waals surface area contributed by atoms with Gasteiger partial charge >= 0.3 is 0 Å². The number of ether oxygens (including phenoxy) is 1. The zero-order valence-corrected chi connectivity index (χ0v) is 27.5. The van der Waals surface area contributed by atoms with Gasteiger partial charge in [0.1, 0.15) is 5.75 Å². The molecule has 0 saturated heterocycles. The fourth-order valence-corrected chi connectivity index (χ4v) is 9.48. The van der Waals surface area contributed by atoms with E-state index in [4.69, 9.17) is 11.3 Å². The Kier molecular flexibility index (Phi) is 5.77. The van der Waals surface area contributed by atoms with Crippen LogP contribution < -0.4 is 4.74 Å². The Balaban J connectivity index is 1.29. The third-order valence-electron chi connectivity index (χ3n) is 11.7. The molecule has 0 fully saturated rings. The normalized spacial score (nSPS) is 17.2. The fourth-order valence-electron chi connectivity index (χ4n) is 9.48. The van der Waals surface area contributed by atoms with Crippen LogP contribution in [0, 0.1) is 6.57 Å². The van der Waals surface area contributed by atoms with Crippen molar-refractivity contribution < 1.29 is 4.74 Å². The second-order valence-corrected chi connectivity index (χ2v) is 13.6. The van der Waals surface area contributed by atoms with Crippen LogP contribution in [0.5, 0.6) is 5.75 Å². The van der Waals surface area contributed by atoms with Crippen LogP contribution in [0.3, 0.4) is 0 Å². The molecule has 7 aromatic rings. The van der Waals surface area contributed by atoms with Crippen LogP contribution in [-0.2, 0) is 11.0 Å². The van der Waals surface area contributed by atoms with E-state index in [9.17, 15) is 0 Å². The summed E-state index contributed by atoms with van der Waals surface area (Å²) >= 11 is 0. The van der Waals surface area contributed by atoms with Crippen LogP contribution in [0.2, 0.25) is 0 Å². The van der Waals surface area contributed by atoms with Crippen molar-refractivity contribution >= 4 is 33.3 Å². The molecule has 1 heterocycles. The first kappa shape index (κ1) is 28.1. The number of nitrogens with zero attached hydrogens (tertiary/aromatic N) is 1. The molecule has 3 aliphatic rings. The Morgan fingerprint density at radius 3 is 2.02 bits per heavy atom. The van der Waals surface area contributed by atoms with E-state index >= 15 is 0 Å². The zero-order chi connectivity index (χ0) is 32.9. The minimum absolute atomic E-state index is 0.228. The molecule has 0 N–H and O–H groups in total. The quantitative estimate of drug-likeness (QED) is 0.177. The highest BCUT2D eigenvalue weighted by atomic mass is 16.5. The molecule has 1 atom stereocenters. The van der Waals surface area contributed by atoms with Crippen molar-refractivity contribution in [3.8, 4) is 39.1 Å². The van der Waals surface area contributed by atoms with E-state index in [-0.39, 0.29) is 5.41 Å². The second-order valence-electron chi connectivity index (χ2n) is 13.6. The van der Waals surface area contributed by atoms with Gasteiger partial charge in [-0.05, 0) is 79.6 Å². The van der Waals surface area contributed by atoms with Gasteiger partial charge in [0.05, 0.1) is 6.57 Å². The summed E-state index contributed by atoms with van der Waals surface area (Å²) in [6, 6.07) is 45.8. The molecule has 10 rings (SSSR count). The topological polar surface area (TPSA) is 13.6 Å². The predicted octanol–water partition coefficient (Wildman–Crippen LogP) is 12.6. The van der Waals surface area contributed by atoms with Gasteiger partial charge in [-0.2, -0.15) is 0 Å². The highest BCUT2D eigenvalue weighted by Gasteiger charge is 2.47. The minimum Gasteiger partial charge on any atom is -0.472 e. The first-order chi connectivity index (χ1) is 24.1. The van der Waals surface area contributed by atoms with E-state index in [0.717, 1.165) is 40.7 Å². The zero-order valence-electron chi connectivity index (χ0n) is 27.5. The maximum atomic E-state index is 7.82. The van der Waals surface area contributed by atoms with Crippen molar-refractivity contribution in [3.63, 3.8) is 0 Å². The number of fused-ring (bicyclic) bond motifs is 11. The predicted molar refractivity (Wildman–Crippen MR) is 202 cm³/mol. The Hall–Kier alpha value is -5.91. The Morgan fingerprint density at radius 1 is 0.612 bits per heavy atom. The van der Waals surface area contributed by atoms with E-state index in [1.807, 2.05) is 6.07 Å². The molecule has 1 unspecified atom stereocenters. The van der Waals surface area contributed by atoms with E-state index in [2.05, 4.69) is 152 Å². The second kappa shape index (κ2) is 10.0. The van der Waals surface area contributed by atoms with Gasteiger partial charge in [-0.15, -0.1) is 0 Å². The lowest BCUT2D eigenvalue weighted by Crippen LogP contribution is -2.35. The van der Waals surface area contributed by atoms with Crippen LogP contribution in [0.4, 0.5) is 5.69 Å². The summed E-state index contributed by atoms with van der Waals surface area (Å²) in [5.74, 6) is 0.928. The summed E-state index contributed by atoms with van der Waals surface area (Å²) in [5.41, 5.74) is 13.3. The standard InChI is InChI=1S/C47H33NO/c1-4-46(5-2)41-28-30(48-3)22-23-38(41)43-34-18-11-12-19-36(34)45-39(44(43)46)26-27-47(49-45,29-14-7-6-8-15-29)40-25-24-35-32-17-10-9-16-31(32)33-20-13-21-37(40)42(33)35/h6-28H,4-5H2,1-2H3. The van der Waals surface area contributed by atoms with E-state index in [1.54, 1.807) is 0 Å². The molecule has 0 saturated carbocycles. The highest BCUT2D eigenvalue weighted by Crippen LogP contribution is 2.61. The van der Waals surface area contributed by atoms with Crippen LogP contribution >= 0.6 is 0 Å². The summed E-state index contributed by atoms with van der Waals surface area (Å²) < 4.78 is 7.71. The van der Waals surface area contributed by atoms with Crippen LogP contribution in [0.1, 0.15) is 54.5 Å². The molecule has 0 radical (unpaired) electrons. The Bertz CT molecular complexity index is 2590. The smallest absolute Gasteiger partial charge is 0.187 e. The lowest BCUT2D eigenvalue weighted by atomic mass is 9.71. The maximum Gasteiger partial charge on any atom is 0.187 e. The maximum absolute atomic E-state index is 7.82. The van der Waals surface area contributed by atoms with Gasteiger partial charge in [0.25, 0.3) is 0 Å². The number of rotatable bonds is 4. The lowest BCUT2D eigenvalue weighted by molar-refractivity contribution is 0.165. The average molecular weight is 628 g/mol. The van der Waals surface area contributed by atoms with Crippen molar-refractivity contribution in [1.82, 2.24) is 0 Å². The van der Waals surface area contributed by atoms with Crippen molar-refractivity contribution in [3.05, 3.63) is 173 Å². The molecule has 0 amide bonds. The lowest BCUT2D eigenvalue weighted by Gasteiger charge is -2.40. The molecule has 2 nitrogen and oxygen atoms in total. The van der Waals surface area contributed by atoms with E-state index in [0.29, 0.717) is 5.69 Å². The summed E-state index contributed by atoms with van der Waals surface area (Å²) in [7, 11) is 0. The molecule has 7 aromatic carbocycles.